The third-order valence-corrected chi connectivity index (χ3v) is 7.34. The highest BCUT2D eigenvalue weighted by atomic mass is 32.2. The molecule has 1 aromatic rings. The lowest BCUT2D eigenvalue weighted by molar-refractivity contribution is -0.120. The molecule has 0 heterocycles. The first-order valence-corrected chi connectivity index (χ1v) is 11.5. The molecule has 2 N–H and O–H groups in total. The Hall–Kier alpha value is -1.09. The minimum atomic E-state index is -3.27. The molecule has 0 radical (unpaired) electrons. The van der Waals surface area contributed by atoms with E-state index in [1.807, 2.05) is 0 Å². The average molecular weight is 387 g/mol. The number of amides is 1. The van der Waals surface area contributed by atoms with Gasteiger partial charge in [0.25, 0.3) is 0 Å². The monoisotopic (exact) mass is 386 g/mol. The zero-order valence-corrected chi connectivity index (χ0v) is 16.5. The minimum absolute atomic E-state index is 0.0458. The van der Waals surface area contributed by atoms with E-state index in [9.17, 15) is 17.8 Å². The highest BCUT2D eigenvalue weighted by Gasteiger charge is 2.29. The van der Waals surface area contributed by atoms with Crippen molar-refractivity contribution < 1.29 is 17.8 Å². The van der Waals surface area contributed by atoms with Crippen molar-refractivity contribution in [3.63, 3.8) is 0 Å². The largest absolute Gasteiger partial charge is 0.612 e. The van der Waals surface area contributed by atoms with Crippen molar-refractivity contribution in [2.24, 2.45) is 5.92 Å². The van der Waals surface area contributed by atoms with Crippen LogP contribution in [0.1, 0.15) is 39.5 Å². The van der Waals surface area contributed by atoms with Gasteiger partial charge < -0.3 is 9.87 Å². The molecule has 1 fully saturated rings. The second kappa shape index (κ2) is 8.53. The Bertz CT molecular complexity index is 679. The molecule has 1 amide bonds. The highest BCUT2D eigenvalue weighted by Crippen LogP contribution is 2.26. The molecule has 1 unspecified atom stereocenters. The van der Waals surface area contributed by atoms with Crippen LogP contribution >= 0.6 is 0 Å². The van der Waals surface area contributed by atoms with Gasteiger partial charge >= 0.3 is 0 Å². The average Bonchev–Trinajstić information content (AvgIpc) is 2.55. The summed E-state index contributed by atoms with van der Waals surface area (Å²) in [4.78, 5) is 13.1. The van der Waals surface area contributed by atoms with E-state index in [1.165, 1.54) is 0 Å². The Balaban J connectivity index is 1.85. The fraction of sp³-hybridized carbons (Fsp3) is 0.588. The summed E-state index contributed by atoms with van der Waals surface area (Å²) < 4.78 is 37.9. The summed E-state index contributed by atoms with van der Waals surface area (Å²) >= 11 is -1.04. The number of anilines is 1. The van der Waals surface area contributed by atoms with Gasteiger partial charge in [-0.15, -0.1) is 0 Å². The van der Waals surface area contributed by atoms with Gasteiger partial charge in [-0.3, -0.25) is 4.79 Å². The van der Waals surface area contributed by atoms with Gasteiger partial charge in [-0.1, -0.05) is 0 Å². The predicted octanol–water partition coefficient (Wildman–Crippen LogP) is 2.25. The molecule has 0 bridgehead atoms. The number of carbonyl (C=O) groups is 1. The van der Waals surface area contributed by atoms with Crippen LogP contribution in [-0.2, 0) is 26.0 Å². The van der Waals surface area contributed by atoms with Crippen LogP contribution in [0.3, 0.4) is 0 Å². The SMILES string of the molecule is CC(C)S(=O)(=O)NC1CCC(C(=O)Nc2ccc([S+](C)[O-])cc2)CC1. The van der Waals surface area contributed by atoms with E-state index >= 15 is 0 Å². The first-order valence-electron chi connectivity index (χ1n) is 8.44. The maximum atomic E-state index is 12.4. The molecular weight excluding hydrogens is 360 g/mol. The van der Waals surface area contributed by atoms with Crippen molar-refractivity contribution in [2.45, 2.75) is 55.7 Å². The van der Waals surface area contributed by atoms with E-state index < -0.39 is 26.4 Å². The Morgan fingerprint density at radius 1 is 1.16 bits per heavy atom. The fourth-order valence-electron chi connectivity index (χ4n) is 2.82. The van der Waals surface area contributed by atoms with Crippen LogP contribution in [0.2, 0.25) is 0 Å². The van der Waals surface area contributed by atoms with Crippen molar-refractivity contribution in [2.75, 3.05) is 11.6 Å². The topological polar surface area (TPSA) is 98.3 Å². The van der Waals surface area contributed by atoms with Crippen LogP contribution in [0.15, 0.2) is 29.2 Å². The van der Waals surface area contributed by atoms with Crippen LogP contribution in [0.25, 0.3) is 0 Å². The lowest BCUT2D eigenvalue weighted by Gasteiger charge is -2.28. The van der Waals surface area contributed by atoms with Crippen LogP contribution in [0.5, 0.6) is 0 Å². The highest BCUT2D eigenvalue weighted by molar-refractivity contribution is 7.90. The normalized spacial score (nSPS) is 22.6. The molecule has 1 aliphatic rings. The molecule has 0 aromatic heterocycles. The Morgan fingerprint density at radius 3 is 2.20 bits per heavy atom. The van der Waals surface area contributed by atoms with Gasteiger partial charge in [0.2, 0.25) is 15.9 Å². The first kappa shape index (κ1) is 20.2. The van der Waals surface area contributed by atoms with E-state index in [1.54, 1.807) is 44.4 Å². The molecule has 6 nitrogen and oxygen atoms in total. The van der Waals surface area contributed by atoms with Gasteiger partial charge in [0.05, 0.1) is 5.25 Å². The van der Waals surface area contributed by atoms with Crippen molar-refractivity contribution in [3.8, 4) is 0 Å². The molecule has 140 valence electrons. The van der Waals surface area contributed by atoms with Crippen molar-refractivity contribution in [1.82, 2.24) is 4.72 Å². The molecule has 1 aliphatic carbocycles. The predicted molar refractivity (Wildman–Crippen MR) is 100 cm³/mol. The third kappa shape index (κ3) is 5.70. The van der Waals surface area contributed by atoms with E-state index in [0.717, 1.165) is 4.90 Å². The maximum absolute atomic E-state index is 12.4. The Morgan fingerprint density at radius 2 is 1.72 bits per heavy atom. The van der Waals surface area contributed by atoms with E-state index in [2.05, 4.69) is 10.0 Å². The van der Waals surface area contributed by atoms with Gasteiger partial charge in [0, 0.05) is 17.6 Å². The van der Waals surface area contributed by atoms with Gasteiger partial charge in [0.15, 0.2) is 4.90 Å². The molecular formula is C17H26N2O4S2. The van der Waals surface area contributed by atoms with E-state index in [4.69, 9.17) is 0 Å². The molecule has 2 rings (SSSR count). The number of carbonyl (C=O) groups excluding carboxylic acids is 1. The number of rotatable bonds is 6. The van der Waals surface area contributed by atoms with Crippen LogP contribution in [0, 0.1) is 5.92 Å². The van der Waals surface area contributed by atoms with E-state index in [-0.39, 0.29) is 17.9 Å². The fourth-order valence-corrected chi connectivity index (χ4v) is 4.31. The summed E-state index contributed by atoms with van der Waals surface area (Å²) in [5.74, 6) is -0.157. The quantitative estimate of drug-likeness (QED) is 0.733. The van der Waals surface area contributed by atoms with Crippen molar-refractivity contribution in [1.29, 1.82) is 0 Å². The van der Waals surface area contributed by atoms with Gasteiger partial charge in [-0.25, -0.2) is 13.1 Å². The number of nitrogens with one attached hydrogen (secondary N) is 2. The molecule has 0 saturated heterocycles. The van der Waals surface area contributed by atoms with Crippen molar-refractivity contribution in [3.05, 3.63) is 24.3 Å². The number of benzene rings is 1. The summed E-state index contributed by atoms with van der Waals surface area (Å²) in [5, 5.41) is 2.43. The summed E-state index contributed by atoms with van der Waals surface area (Å²) in [7, 11) is -3.27. The standard InChI is InChI=1S/C17H26N2O4S2/c1-12(2)25(22,23)19-15-6-4-13(5-7-15)17(20)18-14-8-10-16(11-9-14)24(3)21/h8-13,15,19H,4-7H2,1-3H3,(H,18,20). The van der Waals surface area contributed by atoms with Gasteiger partial charge in [0.1, 0.15) is 6.26 Å². The van der Waals surface area contributed by atoms with Crippen LogP contribution < -0.4 is 10.0 Å². The van der Waals surface area contributed by atoms with Gasteiger partial charge in [-0.05, 0) is 75.0 Å². The third-order valence-electron chi connectivity index (χ3n) is 4.50. The molecule has 25 heavy (non-hydrogen) atoms. The molecule has 1 aromatic carbocycles. The van der Waals surface area contributed by atoms with Crippen LogP contribution in [0.4, 0.5) is 5.69 Å². The summed E-state index contributed by atoms with van der Waals surface area (Å²) in [6.07, 6.45) is 4.26. The van der Waals surface area contributed by atoms with E-state index in [0.29, 0.717) is 31.4 Å². The minimum Gasteiger partial charge on any atom is -0.612 e. The second-order valence-corrected chi connectivity index (χ2v) is 10.4. The second-order valence-electron chi connectivity index (χ2n) is 6.73. The molecule has 8 heteroatoms. The molecule has 1 saturated carbocycles. The maximum Gasteiger partial charge on any atom is 0.227 e. The van der Waals surface area contributed by atoms with Crippen LogP contribution in [-0.4, -0.2) is 36.4 Å². The Labute approximate surface area is 153 Å². The zero-order chi connectivity index (χ0) is 18.6. The molecule has 0 aliphatic heterocycles. The summed E-state index contributed by atoms with van der Waals surface area (Å²) in [5.41, 5.74) is 0.682. The Kier molecular flexibility index (Phi) is 6.90. The summed E-state index contributed by atoms with van der Waals surface area (Å²) in [6.45, 7) is 3.31. The first-order chi connectivity index (χ1) is 11.7. The smallest absolute Gasteiger partial charge is 0.227 e. The number of sulfonamides is 1. The lowest BCUT2D eigenvalue weighted by atomic mass is 9.86. The van der Waals surface area contributed by atoms with Crippen molar-refractivity contribution >= 4 is 32.8 Å². The van der Waals surface area contributed by atoms with Gasteiger partial charge in [-0.2, -0.15) is 0 Å². The molecule has 1 atom stereocenters. The number of hydrogen-bond acceptors (Lipinski definition) is 4. The number of hydrogen-bond donors (Lipinski definition) is 2. The summed E-state index contributed by atoms with van der Waals surface area (Å²) in [6, 6.07) is 6.89. The zero-order valence-electron chi connectivity index (χ0n) is 14.8. The lowest BCUT2D eigenvalue weighted by Crippen LogP contribution is -2.42. The molecule has 0 spiro atoms.